The normalized spacial score (nSPS) is 10.8. The lowest BCUT2D eigenvalue weighted by Crippen LogP contribution is -2.15. The Kier molecular flexibility index (Phi) is 8.31. The number of hydrogen-bond acceptors (Lipinski definition) is 6. The van der Waals surface area contributed by atoms with E-state index in [9.17, 15) is 9.59 Å². The van der Waals surface area contributed by atoms with Gasteiger partial charge in [-0.05, 0) is 80.5 Å². The van der Waals surface area contributed by atoms with Crippen molar-refractivity contribution in [3.63, 3.8) is 0 Å². The number of aliphatic carboxylic acids is 1. The fourth-order valence-corrected chi connectivity index (χ4v) is 4.38. The van der Waals surface area contributed by atoms with Gasteiger partial charge in [0, 0.05) is 27.1 Å². The van der Waals surface area contributed by atoms with Crippen molar-refractivity contribution in [1.29, 1.82) is 0 Å². The maximum absolute atomic E-state index is 13.0. The van der Waals surface area contributed by atoms with Crippen molar-refractivity contribution >= 4 is 40.5 Å². The highest BCUT2D eigenvalue weighted by molar-refractivity contribution is 7.97. The standard InChI is InChI=1S/C29H27N3O4S/c1-19-27-22(7-5-17-32(2)3)6-4-8-25(27)36-28(19)29(35)31-23-13-9-20(10-14-23)21-11-15-24(16-12-21)37-30-18-26(33)34/h4,6,8-16,30H,17-18H2,1-3H3,(H,31,35)(H,33,34). The summed E-state index contributed by atoms with van der Waals surface area (Å²) in [4.78, 5) is 26.6. The number of nitrogens with one attached hydrogen (secondary N) is 2. The molecule has 3 N–H and O–H groups in total. The van der Waals surface area contributed by atoms with Crippen molar-refractivity contribution in [1.82, 2.24) is 9.62 Å². The van der Waals surface area contributed by atoms with Gasteiger partial charge in [0.1, 0.15) is 12.1 Å². The van der Waals surface area contributed by atoms with Crippen LogP contribution in [0.2, 0.25) is 0 Å². The number of fused-ring (bicyclic) bond motifs is 1. The number of benzene rings is 3. The molecule has 1 amide bonds. The number of aryl methyl sites for hydroxylation is 1. The Morgan fingerprint density at radius 3 is 2.32 bits per heavy atom. The minimum atomic E-state index is -0.901. The van der Waals surface area contributed by atoms with E-state index in [-0.39, 0.29) is 18.2 Å². The van der Waals surface area contributed by atoms with Crippen LogP contribution in [0.5, 0.6) is 0 Å². The first-order chi connectivity index (χ1) is 17.8. The van der Waals surface area contributed by atoms with Gasteiger partial charge in [0.2, 0.25) is 0 Å². The molecule has 0 saturated heterocycles. The topological polar surface area (TPSA) is 94.8 Å². The van der Waals surface area contributed by atoms with Crippen molar-refractivity contribution in [2.45, 2.75) is 11.8 Å². The van der Waals surface area contributed by atoms with E-state index < -0.39 is 5.97 Å². The minimum Gasteiger partial charge on any atom is -0.480 e. The molecule has 7 nitrogen and oxygen atoms in total. The number of hydrogen-bond donors (Lipinski definition) is 3. The average Bonchev–Trinajstić information content (AvgIpc) is 3.22. The number of amides is 1. The second kappa shape index (κ2) is 11.8. The number of carboxylic acids is 1. The lowest BCUT2D eigenvalue weighted by atomic mass is 10.0. The summed E-state index contributed by atoms with van der Waals surface area (Å²) in [5, 5.41) is 12.5. The number of carbonyl (C=O) groups is 2. The third kappa shape index (κ3) is 6.60. The Morgan fingerprint density at radius 2 is 1.68 bits per heavy atom. The maximum atomic E-state index is 13.0. The van der Waals surface area contributed by atoms with Gasteiger partial charge in [0.05, 0.1) is 6.54 Å². The van der Waals surface area contributed by atoms with E-state index in [1.807, 2.05) is 92.6 Å². The van der Waals surface area contributed by atoms with Crippen LogP contribution < -0.4 is 10.0 Å². The zero-order valence-corrected chi connectivity index (χ0v) is 21.6. The Balaban J connectivity index is 1.46. The van der Waals surface area contributed by atoms with Gasteiger partial charge in [-0.25, -0.2) is 4.72 Å². The van der Waals surface area contributed by atoms with E-state index in [1.54, 1.807) is 0 Å². The van der Waals surface area contributed by atoms with Gasteiger partial charge in [-0.1, -0.05) is 42.2 Å². The number of carbonyl (C=O) groups excluding carboxylic acids is 1. The second-order valence-corrected chi connectivity index (χ2v) is 9.61. The number of nitrogens with zero attached hydrogens (tertiary/aromatic N) is 1. The van der Waals surface area contributed by atoms with Crippen LogP contribution in [0.15, 0.2) is 76.0 Å². The molecule has 0 spiro atoms. The van der Waals surface area contributed by atoms with Crippen LogP contribution in [-0.2, 0) is 4.79 Å². The lowest BCUT2D eigenvalue weighted by Gasteiger charge is -2.07. The predicted octanol–water partition coefficient (Wildman–Crippen LogP) is 5.25. The molecule has 0 aliphatic carbocycles. The van der Waals surface area contributed by atoms with Crippen molar-refractivity contribution in [2.75, 3.05) is 32.5 Å². The van der Waals surface area contributed by atoms with Crippen LogP contribution in [-0.4, -0.2) is 49.1 Å². The van der Waals surface area contributed by atoms with Gasteiger partial charge in [0.15, 0.2) is 5.76 Å². The molecule has 0 atom stereocenters. The first-order valence-corrected chi connectivity index (χ1v) is 12.4. The Morgan fingerprint density at radius 1 is 1.00 bits per heavy atom. The largest absolute Gasteiger partial charge is 0.480 e. The summed E-state index contributed by atoms with van der Waals surface area (Å²) in [6, 6.07) is 21.0. The molecule has 0 bridgehead atoms. The molecule has 1 aromatic heterocycles. The van der Waals surface area contributed by atoms with Crippen molar-refractivity contribution in [3.8, 4) is 23.0 Å². The highest BCUT2D eigenvalue weighted by Crippen LogP contribution is 2.29. The third-order valence-corrected chi connectivity index (χ3v) is 6.32. The number of anilines is 1. The molecule has 37 heavy (non-hydrogen) atoms. The van der Waals surface area contributed by atoms with Crippen LogP contribution in [0.25, 0.3) is 22.1 Å². The fraction of sp³-hybridized carbons (Fsp3) is 0.172. The molecule has 0 aliphatic rings. The van der Waals surface area contributed by atoms with Crippen molar-refractivity contribution < 1.29 is 19.1 Å². The SMILES string of the molecule is Cc1c(C(=O)Nc2ccc(-c3ccc(SNCC(=O)O)cc3)cc2)oc2cccc(C#CCN(C)C)c12. The maximum Gasteiger partial charge on any atom is 0.318 e. The highest BCUT2D eigenvalue weighted by atomic mass is 32.2. The van der Waals surface area contributed by atoms with Gasteiger partial charge in [-0.3, -0.25) is 14.5 Å². The first-order valence-electron chi connectivity index (χ1n) is 11.6. The average molecular weight is 514 g/mol. The molecule has 188 valence electrons. The molecule has 4 rings (SSSR count). The number of furan rings is 1. The quantitative estimate of drug-likeness (QED) is 0.219. The van der Waals surface area contributed by atoms with Crippen LogP contribution in [0.3, 0.4) is 0 Å². The molecular formula is C29H27N3O4S. The van der Waals surface area contributed by atoms with E-state index in [2.05, 4.69) is 21.9 Å². The zero-order chi connectivity index (χ0) is 26.4. The number of carboxylic acid groups (broad SMARTS) is 1. The molecular weight excluding hydrogens is 486 g/mol. The molecule has 0 radical (unpaired) electrons. The fourth-order valence-electron chi connectivity index (χ4n) is 3.75. The highest BCUT2D eigenvalue weighted by Gasteiger charge is 2.19. The van der Waals surface area contributed by atoms with Crippen molar-refractivity contribution in [3.05, 3.63) is 83.6 Å². The summed E-state index contributed by atoms with van der Waals surface area (Å²) in [5.41, 5.74) is 4.89. The molecule has 0 saturated carbocycles. The minimum absolute atomic E-state index is 0.112. The van der Waals surface area contributed by atoms with Crippen molar-refractivity contribution in [2.24, 2.45) is 0 Å². The van der Waals surface area contributed by atoms with E-state index >= 15 is 0 Å². The van der Waals surface area contributed by atoms with Gasteiger partial charge in [0.25, 0.3) is 5.91 Å². The Bertz CT molecular complexity index is 1480. The third-order valence-electron chi connectivity index (χ3n) is 5.52. The lowest BCUT2D eigenvalue weighted by molar-refractivity contribution is -0.135. The molecule has 3 aromatic carbocycles. The van der Waals surface area contributed by atoms with Crippen LogP contribution in [0.1, 0.15) is 21.7 Å². The first kappa shape index (κ1) is 26.0. The van der Waals surface area contributed by atoms with E-state index in [0.717, 1.165) is 32.5 Å². The van der Waals surface area contributed by atoms with Gasteiger partial charge in [-0.15, -0.1) is 0 Å². The van der Waals surface area contributed by atoms with Gasteiger partial charge >= 0.3 is 5.97 Å². The summed E-state index contributed by atoms with van der Waals surface area (Å²) < 4.78 is 8.70. The summed E-state index contributed by atoms with van der Waals surface area (Å²) in [6.07, 6.45) is 0. The molecule has 0 aliphatic heterocycles. The van der Waals surface area contributed by atoms with E-state index in [4.69, 9.17) is 9.52 Å². The Labute approximate surface area is 220 Å². The van der Waals surface area contributed by atoms with Gasteiger partial charge < -0.3 is 14.8 Å². The second-order valence-electron chi connectivity index (χ2n) is 8.65. The monoisotopic (exact) mass is 513 g/mol. The molecule has 1 heterocycles. The van der Waals surface area contributed by atoms with E-state index in [1.165, 1.54) is 11.9 Å². The van der Waals surface area contributed by atoms with E-state index in [0.29, 0.717) is 17.8 Å². The number of rotatable bonds is 8. The summed E-state index contributed by atoms with van der Waals surface area (Å²) in [6.45, 7) is 2.41. The summed E-state index contributed by atoms with van der Waals surface area (Å²) in [7, 11) is 3.93. The van der Waals surface area contributed by atoms with Gasteiger partial charge in [-0.2, -0.15) is 0 Å². The van der Waals surface area contributed by atoms with Crippen LogP contribution in [0.4, 0.5) is 5.69 Å². The summed E-state index contributed by atoms with van der Waals surface area (Å²) >= 11 is 1.27. The smallest absolute Gasteiger partial charge is 0.318 e. The zero-order valence-electron chi connectivity index (χ0n) is 20.8. The molecule has 4 aromatic rings. The molecule has 0 fully saturated rings. The van der Waals surface area contributed by atoms with Crippen LogP contribution >= 0.6 is 11.9 Å². The Hall–Kier alpha value is -4.03. The molecule has 8 heteroatoms. The molecule has 0 unspecified atom stereocenters. The summed E-state index contributed by atoms with van der Waals surface area (Å²) in [5.74, 6) is 5.38. The van der Waals surface area contributed by atoms with Crippen LogP contribution in [0, 0.1) is 18.8 Å². The predicted molar refractivity (Wildman–Crippen MR) is 148 cm³/mol.